The van der Waals surface area contributed by atoms with E-state index in [4.69, 9.17) is 11.0 Å². The minimum Gasteiger partial charge on any atom is -0.351 e. The number of nitrogens with one attached hydrogen (secondary N) is 1. The molecule has 280 valence electrons. The minimum absolute atomic E-state index is 0.0713. The van der Waals surface area contributed by atoms with Crippen molar-refractivity contribution in [3.63, 3.8) is 0 Å². The van der Waals surface area contributed by atoms with Crippen LogP contribution in [0.1, 0.15) is 42.7 Å². The van der Waals surface area contributed by atoms with Gasteiger partial charge in [-0.2, -0.15) is 23.5 Å². The van der Waals surface area contributed by atoms with Gasteiger partial charge in [0.1, 0.15) is 12.2 Å². The number of aromatic nitrogens is 4. The third-order valence-corrected chi connectivity index (χ3v) is 8.26. The summed E-state index contributed by atoms with van der Waals surface area (Å²) in [6, 6.07) is 23.5. The van der Waals surface area contributed by atoms with Crippen molar-refractivity contribution in [2.45, 2.75) is 39.9 Å². The van der Waals surface area contributed by atoms with E-state index in [0.29, 0.717) is 27.9 Å². The van der Waals surface area contributed by atoms with Gasteiger partial charge in [-0.25, -0.2) is 18.8 Å². The molecule has 5 aromatic rings. The number of carbonyl (C=O) groups is 2. The zero-order chi connectivity index (χ0) is 39.3. The van der Waals surface area contributed by atoms with Crippen LogP contribution in [0.15, 0.2) is 95.9 Å². The predicted octanol–water partition coefficient (Wildman–Crippen LogP) is 5.59. The molecule has 0 fully saturated rings. The average molecular weight is 797 g/mol. The molecule has 2 heterocycles. The molecule has 2 aromatic heterocycles. The number of primary amides is 1. The number of nitrogens with zero attached hydrogens (tertiary/aromatic N) is 6. The number of quaternary nitrogens is 1. The Morgan fingerprint density at radius 3 is 2.21 bits per heavy atom. The zero-order valence-corrected chi connectivity index (χ0v) is 31.8. The minimum atomic E-state index is -4.61. The number of halogens is 4. The lowest BCUT2D eigenvalue weighted by atomic mass is 10.2. The number of amides is 2. The largest absolute Gasteiger partial charge is 0.416 e. The molecule has 3 N–H and O–H groups in total. The number of rotatable bonds is 10. The first-order valence-electron chi connectivity index (χ1n) is 16.7. The summed E-state index contributed by atoms with van der Waals surface area (Å²) in [6.07, 6.45) is -2.58. The second-order valence-electron chi connectivity index (χ2n) is 11.8. The number of nitrogens with two attached hydrogens (primary N) is 1. The Kier molecular flexibility index (Phi) is 15.4. The van der Waals surface area contributed by atoms with Gasteiger partial charge < -0.3 is 15.5 Å². The summed E-state index contributed by atoms with van der Waals surface area (Å²) in [5, 5.41) is 13.2. The van der Waals surface area contributed by atoms with Crippen molar-refractivity contribution in [1.29, 1.82) is 5.26 Å². The number of nitriles is 1. The molecule has 53 heavy (non-hydrogen) atoms. The second-order valence-corrected chi connectivity index (χ2v) is 11.8. The highest BCUT2D eigenvalue weighted by atomic mass is 79.9. The highest BCUT2D eigenvalue weighted by Crippen LogP contribution is 2.32. The van der Waals surface area contributed by atoms with Crippen LogP contribution in [-0.2, 0) is 17.5 Å². The van der Waals surface area contributed by atoms with Crippen molar-refractivity contribution in [2.75, 3.05) is 32.5 Å². The monoisotopic (exact) mass is 795 g/mol. The highest BCUT2D eigenvalue weighted by Gasteiger charge is 2.32. The van der Waals surface area contributed by atoms with E-state index >= 15 is 0 Å². The SMILES string of the molecule is CBr.CCC(=O)N(CC)CC[NH+](C)Cc1ccccc1.Cc1c(-c2ccnn2-c2ccc(C#N)cc2)n(C(N)=O)c(=O)n1-c1cccc(C(F)(F)F)c1. The van der Waals surface area contributed by atoms with E-state index in [2.05, 4.69) is 52.3 Å². The van der Waals surface area contributed by atoms with Gasteiger partial charge in [-0.3, -0.25) is 9.36 Å². The van der Waals surface area contributed by atoms with Gasteiger partial charge >= 0.3 is 17.9 Å². The molecule has 1 unspecified atom stereocenters. The lowest BCUT2D eigenvalue weighted by Gasteiger charge is -2.22. The fourth-order valence-electron chi connectivity index (χ4n) is 5.64. The van der Waals surface area contributed by atoms with Crippen LogP contribution in [-0.4, -0.2) is 68.3 Å². The molecular formula is C38H43BrF3N8O3+. The summed E-state index contributed by atoms with van der Waals surface area (Å²) in [4.78, 5) is 40.3. The molecule has 0 bridgehead atoms. The maximum atomic E-state index is 13.2. The van der Waals surface area contributed by atoms with Crippen LogP contribution in [0.25, 0.3) is 22.8 Å². The maximum Gasteiger partial charge on any atom is 0.416 e. The van der Waals surface area contributed by atoms with Gasteiger partial charge in [0, 0.05) is 18.5 Å². The van der Waals surface area contributed by atoms with Gasteiger partial charge in [-0.05, 0) is 68.2 Å². The van der Waals surface area contributed by atoms with E-state index in [1.165, 1.54) is 46.5 Å². The smallest absolute Gasteiger partial charge is 0.351 e. The summed E-state index contributed by atoms with van der Waals surface area (Å²) >= 11 is 2.94. The van der Waals surface area contributed by atoms with E-state index in [1.54, 1.807) is 24.3 Å². The van der Waals surface area contributed by atoms with Crippen molar-refractivity contribution in [3.8, 4) is 28.8 Å². The Bertz CT molecular complexity index is 2070. The summed E-state index contributed by atoms with van der Waals surface area (Å²) < 4.78 is 42.8. The Balaban J connectivity index is 0.000000321. The van der Waals surface area contributed by atoms with Crippen molar-refractivity contribution in [1.82, 2.24) is 23.8 Å². The summed E-state index contributed by atoms with van der Waals surface area (Å²) in [7, 11) is 2.18. The van der Waals surface area contributed by atoms with E-state index < -0.39 is 23.5 Å². The number of hydrogen-bond acceptors (Lipinski definition) is 5. The average Bonchev–Trinajstić information content (AvgIpc) is 3.74. The van der Waals surface area contributed by atoms with E-state index in [9.17, 15) is 27.6 Å². The normalized spacial score (nSPS) is 11.3. The molecule has 3 aromatic carbocycles. The molecule has 0 aliphatic carbocycles. The number of imidazole rings is 1. The summed E-state index contributed by atoms with van der Waals surface area (Å²) in [5.41, 5.74) is 6.42. The van der Waals surface area contributed by atoms with Gasteiger partial charge in [-0.1, -0.05) is 59.3 Å². The van der Waals surface area contributed by atoms with Crippen molar-refractivity contribution < 1.29 is 27.7 Å². The van der Waals surface area contributed by atoms with Gasteiger partial charge in [0.25, 0.3) is 0 Å². The number of likely N-dealkylation sites (N-methyl/N-ethyl adjacent to an activating group) is 2. The number of hydrogen-bond donors (Lipinski definition) is 2. The number of carbonyl (C=O) groups excluding carboxylic acids is 2. The fourth-order valence-corrected chi connectivity index (χ4v) is 5.64. The molecule has 0 saturated carbocycles. The number of alkyl halides is 4. The molecular weight excluding hydrogens is 753 g/mol. The van der Waals surface area contributed by atoms with Crippen LogP contribution in [0.4, 0.5) is 18.0 Å². The maximum absolute atomic E-state index is 13.2. The fraction of sp³-hybridized carbons (Fsp3) is 0.289. The first kappa shape index (κ1) is 42.0. The van der Waals surface area contributed by atoms with Crippen LogP contribution in [0.5, 0.6) is 0 Å². The Labute approximate surface area is 314 Å². The number of benzene rings is 3. The molecule has 2 amide bonds. The van der Waals surface area contributed by atoms with Gasteiger partial charge in [0.05, 0.1) is 66.3 Å². The molecule has 0 saturated heterocycles. The molecule has 0 aliphatic rings. The van der Waals surface area contributed by atoms with Gasteiger partial charge in [-0.15, -0.1) is 0 Å². The zero-order valence-electron chi connectivity index (χ0n) is 30.2. The van der Waals surface area contributed by atoms with Crippen LogP contribution >= 0.6 is 15.9 Å². The lowest BCUT2D eigenvalue weighted by molar-refractivity contribution is -0.893. The molecule has 15 heteroatoms. The van der Waals surface area contributed by atoms with Gasteiger partial charge in [0.2, 0.25) is 5.91 Å². The third-order valence-electron chi connectivity index (χ3n) is 8.26. The van der Waals surface area contributed by atoms with Crippen molar-refractivity contribution >= 4 is 27.9 Å². The molecule has 5 rings (SSSR count). The molecule has 11 nitrogen and oxygen atoms in total. The second kappa shape index (κ2) is 19.4. The molecule has 0 radical (unpaired) electrons. The predicted molar refractivity (Wildman–Crippen MR) is 201 cm³/mol. The topological polar surface area (TPSA) is 136 Å². The highest BCUT2D eigenvalue weighted by molar-refractivity contribution is 9.08. The van der Waals surface area contributed by atoms with E-state index in [0.717, 1.165) is 42.9 Å². The van der Waals surface area contributed by atoms with Crippen LogP contribution in [0.3, 0.4) is 0 Å². The standard InChI is InChI=1S/C22H15F3N6O2.C15H24N2O.CH3Br/c1-13-19(18-9-10-28-31(18)16-7-5-14(12-26)6-8-16)30(20(27)32)21(33)29(13)17-4-2-3-15(11-17)22(23,24)25;1-4-15(18)17(5-2)12-11-16(3)13-14-9-7-6-8-10-14;1-2/h2-11H,1H3,(H2,27,32);6-10H,4-5,11-13H2,1-3H3;1H3/p+1. The Morgan fingerprint density at radius 1 is 0.981 bits per heavy atom. The van der Waals surface area contributed by atoms with E-state index in [-0.39, 0.29) is 23.0 Å². The Hall–Kier alpha value is -5.46. The van der Waals surface area contributed by atoms with Crippen LogP contribution in [0.2, 0.25) is 0 Å². The summed E-state index contributed by atoms with van der Waals surface area (Å²) in [6.45, 7) is 9.12. The molecule has 0 spiro atoms. The van der Waals surface area contributed by atoms with Crippen molar-refractivity contribution in [2.24, 2.45) is 5.73 Å². The first-order valence-corrected chi connectivity index (χ1v) is 18.3. The lowest BCUT2D eigenvalue weighted by Crippen LogP contribution is -3.08. The molecule has 0 aliphatic heterocycles. The third kappa shape index (κ3) is 10.6. The van der Waals surface area contributed by atoms with Crippen molar-refractivity contribution in [3.05, 3.63) is 124 Å². The molecule has 1 atom stereocenters. The van der Waals surface area contributed by atoms with Crippen LogP contribution < -0.4 is 16.3 Å². The van der Waals surface area contributed by atoms with E-state index in [1.807, 2.05) is 36.7 Å². The Morgan fingerprint density at radius 2 is 1.64 bits per heavy atom. The quantitative estimate of drug-likeness (QED) is 0.178. The van der Waals surface area contributed by atoms with Gasteiger partial charge in [0.15, 0.2) is 0 Å². The summed E-state index contributed by atoms with van der Waals surface area (Å²) in [5.74, 6) is 2.07. The van der Waals surface area contributed by atoms with Crippen LogP contribution in [0, 0.1) is 18.3 Å². The first-order chi connectivity index (χ1) is 25.3.